The summed E-state index contributed by atoms with van der Waals surface area (Å²) in [5, 5.41) is 1.03. The molecule has 0 unspecified atom stereocenters. The van der Waals surface area contributed by atoms with E-state index in [0.29, 0.717) is 0 Å². The molecule has 2 N–H and O–H groups in total. The lowest BCUT2D eigenvalue weighted by molar-refractivity contribution is 1.45. The molecule has 84 valence electrons. The second-order valence-electron chi connectivity index (χ2n) is 4.12. The van der Waals surface area contributed by atoms with Gasteiger partial charge in [-0.2, -0.15) is 0 Å². The first-order chi connectivity index (χ1) is 8.22. The molecule has 17 heavy (non-hydrogen) atoms. The topological polar surface area (TPSA) is 38.9 Å². The molecule has 0 fully saturated rings. The van der Waals surface area contributed by atoms with Crippen molar-refractivity contribution in [3.05, 3.63) is 48.0 Å². The molecule has 1 aromatic heterocycles. The second-order valence-corrected chi connectivity index (χ2v) is 5.15. The Labute approximate surface area is 104 Å². The second kappa shape index (κ2) is 3.86. The molecule has 3 rings (SSSR count). The van der Waals surface area contributed by atoms with Crippen molar-refractivity contribution in [3.63, 3.8) is 0 Å². The molecule has 3 heteroatoms. The molecule has 0 radical (unpaired) electrons. The molecule has 1 heterocycles. The van der Waals surface area contributed by atoms with Crippen LogP contribution in [0.15, 0.2) is 42.5 Å². The van der Waals surface area contributed by atoms with Crippen molar-refractivity contribution >= 4 is 27.2 Å². The minimum absolute atomic E-state index is 0.776. The van der Waals surface area contributed by atoms with Crippen LogP contribution in [0.3, 0.4) is 0 Å². The van der Waals surface area contributed by atoms with E-state index in [1.54, 1.807) is 11.3 Å². The summed E-state index contributed by atoms with van der Waals surface area (Å²) in [5.41, 5.74) is 9.97. The van der Waals surface area contributed by atoms with Crippen LogP contribution in [0.25, 0.3) is 20.8 Å². The number of rotatable bonds is 1. The van der Waals surface area contributed by atoms with Crippen LogP contribution >= 0.6 is 11.3 Å². The molecule has 0 spiro atoms. The predicted octanol–water partition coefficient (Wildman–Crippen LogP) is 3.85. The molecule has 0 aliphatic carbocycles. The predicted molar refractivity (Wildman–Crippen MR) is 74.2 cm³/mol. The summed E-state index contributed by atoms with van der Waals surface area (Å²) in [5.74, 6) is 0. The molecule has 3 aromatic rings. The first-order valence-corrected chi connectivity index (χ1v) is 6.27. The van der Waals surface area contributed by atoms with E-state index in [9.17, 15) is 0 Å². The first kappa shape index (κ1) is 10.3. The van der Waals surface area contributed by atoms with Crippen molar-refractivity contribution < 1.29 is 0 Å². The van der Waals surface area contributed by atoms with Crippen molar-refractivity contribution in [1.29, 1.82) is 0 Å². The molecular formula is C14H12N2S. The Morgan fingerprint density at radius 2 is 2.00 bits per heavy atom. The van der Waals surface area contributed by atoms with Gasteiger partial charge in [-0.3, -0.25) is 0 Å². The smallest absolute Gasteiger partial charge is 0.124 e. The number of nitrogen functional groups attached to an aromatic ring is 1. The van der Waals surface area contributed by atoms with Crippen LogP contribution in [0, 0.1) is 6.92 Å². The van der Waals surface area contributed by atoms with Crippen LogP contribution in [0.5, 0.6) is 0 Å². The van der Waals surface area contributed by atoms with Crippen molar-refractivity contribution in [2.45, 2.75) is 6.92 Å². The van der Waals surface area contributed by atoms with Crippen molar-refractivity contribution in [2.24, 2.45) is 0 Å². The van der Waals surface area contributed by atoms with Gasteiger partial charge in [-0.05, 0) is 36.8 Å². The van der Waals surface area contributed by atoms with E-state index in [-0.39, 0.29) is 0 Å². The fourth-order valence-corrected chi connectivity index (χ4v) is 2.89. The third kappa shape index (κ3) is 1.89. The summed E-state index contributed by atoms with van der Waals surface area (Å²) in [6.45, 7) is 2.10. The zero-order valence-electron chi connectivity index (χ0n) is 9.47. The Hall–Kier alpha value is -1.87. The van der Waals surface area contributed by atoms with Gasteiger partial charge in [-0.25, -0.2) is 4.98 Å². The highest BCUT2D eigenvalue weighted by Gasteiger charge is 2.06. The number of anilines is 1. The first-order valence-electron chi connectivity index (χ1n) is 5.45. The lowest BCUT2D eigenvalue weighted by Gasteiger charge is -1.96. The fourth-order valence-electron chi connectivity index (χ4n) is 1.83. The van der Waals surface area contributed by atoms with Gasteiger partial charge in [0.05, 0.1) is 10.2 Å². The van der Waals surface area contributed by atoms with Crippen molar-refractivity contribution in [3.8, 4) is 10.6 Å². The zero-order chi connectivity index (χ0) is 11.8. The standard InChI is InChI=1S/C14H12N2S/c1-9-5-6-12-13(7-9)17-14(16-12)10-3-2-4-11(15)8-10/h2-8H,15H2,1H3. The molecule has 0 saturated heterocycles. The van der Waals surface area contributed by atoms with Crippen molar-refractivity contribution in [2.75, 3.05) is 5.73 Å². The minimum atomic E-state index is 0.776. The van der Waals surface area contributed by atoms with Crippen LogP contribution in [-0.2, 0) is 0 Å². The van der Waals surface area contributed by atoms with Crippen molar-refractivity contribution in [1.82, 2.24) is 4.98 Å². The van der Waals surface area contributed by atoms with E-state index in [0.717, 1.165) is 21.8 Å². The molecule has 0 saturated carbocycles. The van der Waals surface area contributed by atoms with Gasteiger partial charge in [0, 0.05) is 11.3 Å². The van der Waals surface area contributed by atoms with E-state index in [4.69, 9.17) is 5.73 Å². The maximum atomic E-state index is 5.79. The highest BCUT2D eigenvalue weighted by molar-refractivity contribution is 7.21. The summed E-state index contributed by atoms with van der Waals surface area (Å²) in [4.78, 5) is 4.63. The number of hydrogen-bond acceptors (Lipinski definition) is 3. The summed E-state index contributed by atoms with van der Waals surface area (Å²) >= 11 is 1.71. The number of hydrogen-bond donors (Lipinski definition) is 1. The number of nitrogens with two attached hydrogens (primary N) is 1. The summed E-state index contributed by atoms with van der Waals surface area (Å²) in [7, 11) is 0. The Morgan fingerprint density at radius 1 is 1.12 bits per heavy atom. The van der Waals surface area contributed by atoms with Gasteiger partial charge in [0.25, 0.3) is 0 Å². The average Bonchev–Trinajstić information content (AvgIpc) is 2.72. The molecule has 2 nitrogen and oxygen atoms in total. The van der Waals surface area contributed by atoms with Gasteiger partial charge in [0.15, 0.2) is 0 Å². The molecule has 0 atom stereocenters. The van der Waals surface area contributed by atoms with Crippen LogP contribution in [0.4, 0.5) is 5.69 Å². The van der Waals surface area contributed by atoms with E-state index >= 15 is 0 Å². The monoisotopic (exact) mass is 240 g/mol. The van der Waals surface area contributed by atoms with E-state index < -0.39 is 0 Å². The van der Waals surface area contributed by atoms with Gasteiger partial charge in [0.1, 0.15) is 5.01 Å². The molecule has 0 amide bonds. The number of fused-ring (bicyclic) bond motifs is 1. The largest absolute Gasteiger partial charge is 0.399 e. The number of nitrogens with zero attached hydrogens (tertiary/aromatic N) is 1. The minimum Gasteiger partial charge on any atom is -0.399 e. The van der Waals surface area contributed by atoms with Crippen LogP contribution in [0.1, 0.15) is 5.56 Å². The molecule has 0 aliphatic heterocycles. The van der Waals surface area contributed by atoms with Gasteiger partial charge < -0.3 is 5.73 Å². The van der Waals surface area contributed by atoms with E-state index in [1.807, 2.05) is 24.3 Å². The van der Waals surface area contributed by atoms with E-state index in [2.05, 4.69) is 30.1 Å². The number of aryl methyl sites for hydroxylation is 1. The summed E-state index contributed by atoms with van der Waals surface area (Å²) < 4.78 is 1.22. The molecule has 0 aliphatic rings. The quantitative estimate of drug-likeness (QED) is 0.656. The average molecular weight is 240 g/mol. The molecular weight excluding hydrogens is 228 g/mol. The zero-order valence-corrected chi connectivity index (χ0v) is 10.3. The SMILES string of the molecule is Cc1ccc2nc(-c3cccc(N)c3)sc2c1. The molecule has 2 aromatic carbocycles. The lowest BCUT2D eigenvalue weighted by Crippen LogP contribution is -1.84. The van der Waals surface area contributed by atoms with Gasteiger partial charge in [-0.1, -0.05) is 18.2 Å². The number of thiazole rings is 1. The van der Waals surface area contributed by atoms with Crippen LogP contribution in [-0.4, -0.2) is 4.98 Å². The third-order valence-electron chi connectivity index (χ3n) is 2.68. The summed E-state index contributed by atoms with van der Waals surface area (Å²) in [6, 6.07) is 14.2. The Morgan fingerprint density at radius 3 is 2.82 bits per heavy atom. The fraction of sp³-hybridized carbons (Fsp3) is 0.0714. The normalized spacial score (nSPS) is 10.9. The highest BCUT2D eigenvalue weighted by Crippen LogP contribution is 2.31. The number of aromatic nitrogens is 1. The highest BCUT2D eigenvalue weighted by atomic mass is 32.1. The maximum absolute atomic E-state index is 5.79. The van der Waals surface area contributed by atoms with E-state index in [1.165, 1.54) is 10.3 Å². The Kier molecular flexibility index (Phi) is 2.34. The Bertz CT molecular complexity index is 686. The third-order valence-corrected chi connectivity index (χ3v) is 3.74. The Balaban J connectivity index is 2.18. The van der Waals surface area contributed by atoms with Gasteiger partial charge >= 0.3 is 0 Å². The summed E-state index contributed by atoms with van der Waals surface area (Å²) in [6.07, 6.45) is 0. The lowest BCUT2D eigenvalue weighted by atomic mass is 10.2. The molecule has 0 bridgehead atoms. The van der Waals surface area contributed by atoms with Crippen LogP contribution < -0.4 is 5.73 Å². The van der Waals surface area contributed by atoms with Gasteiger partial charge in [0.2, 0.25) is 0 Å². The van der Waals surface area contributed by atoms with Gasteiger partial charge in [-0.15, -0.1) is 11.3 Å². The van der Waals surface area contributed by atoms with Crippen LogP contribution in [0.2, 0.25) is 0 Å². The number of benzene rings is 2. The maximum Gasteiger partial charge on any atom is 0.124 e.